The van der Waals surface area contributed by atoms with E-state index in [1.807, 2.05) is 0 Å². The van der Waals surface area contributed by atoms with Gasteiger partial charge in [-0.1, -0.05) is 35.9 Å². The zero-order valence-electron chi connectivity index (χ0n) is 11.1. The fraction of sp³-hybridized carbons (Fsp3) is 0.357. The smallest absolute Gasteiger partial charge is 0.315 e. The quantitative estimate of drug-likeness (QED) is 0.727. The number of amides is 2. The van der Waals surface area contributed by atoms with Crippen LogP contribution in [0, 0.1) is 0 Å². The first-order valence-electron chi connectivity index (χ1n) is 6.01. The number of hydrogen-bond acceptors (Lipinski definition) is 2. The molecule has 0 aliphatic carbocycles. The van der Waals surface area contributed by atoms with E-state index >= 15 is 0 Å². The van der Waals surface area contributed by atoms with Crippen LogP contribution in [0.5, 0.6) is 0 Å². The minimum Gasteiger partial charge on any atom is -0.384 e. The second-order valence-electron chi connectivity index (χ2n) is 4.61. The van der Waals surface area contributed by atoms with Crippen LogP contribution in [-0.2, 0) is 5.60 Å². The predicted molar refractivity (Wildman–Crippen MR) is 77.2 cm³/mol. The van der Waals surface area contributed by atoms with Gasteiger partial charge in [0.15, 0.2) is 0 Å². The van der Waals surface area contributed by atoms with Gasteiger partial charge in [0.2, 0.25) is 0 Å². The molecule has 2 atom stereocenters. The molecule has 19 heavy (non-hydrogen) atoms. The average Bonchev–Trinajstić information content (AvgIpc) is 2.36. The largest absolute Gasteiger partial charge is 0.384 e. The van der Waals surface area contributed by atoms with Crippen molar-refractivity contribution in [1.29, 1.82) is 0 Å². The number of benzene rings is 1. The summed E-state index contributed by atoms with van der Waals surface area (Å²) in [6, 6.07) is 6.51. The normalized spacial score (nSPS) is 15.2. The lowest BCUT2D eigenvalue weighted by Crippen LogP contribution is -2.45. The Bertz CT molecular complexity index is 461. The molecule has 1 aromatic rings. The maximum absolute atomic E-state index is 11.6. The third-order valence-electron chi connectivity index (χ3n) is 2.76. The van der Waals surface area contributed by atoms with Gasteiger partial charge < -0.3 is 15.7 Å². The van der Waals surface area contributed by atoms with Crippen molar-refractivity contribution in [1.82, 2.24) is 10.6 Å². The van der Waals surface area contributed by atoms with Crippen LogP contribution in [0.2, 0.25) is 5.02 Å². The zero-order chi connectivity index (χ0) is 14.5. The van der Waals surface area contributed by atoms with E-state index in [0.29, 0.717) is 10.6 Å². The van der Waals surface area contributed by atoms with E-state index in [2.05, 4.69) is 17.2 Å². The Kier molecular flexibility index (Phi) is 5.39. The van der Waals surface area contributed by atoms with Gasteiger partial charge in [-0.2, -0.15) is 0 Å². The van der Waals surface area contributed by atoms with Gasteiger partial charge in [-0.25, -0.2) is 4.79 Å². The fourth-order valence-electron chi connectivity index (χ4n) is 1.56. The average molecular weight is 283 g/mol. The van der Waals surface area contributed by atoms with Crippen molar-refractivity contribution in [2.45, 2.75) is 25.5 Å². The molecule has 3 N–H and O–H groups in total. The Labute approximate surface area is 118 Å². The number of carbonyl (C=O) groups is 1. The Morgan fingerprint density at radius 1 is 1.58 bits per heavy atom. The van der Waals surface area contributed by atoms with Gasteiger partial charge in [-0.05, 0) is 19.9 Å². The van der Waals surface area contributed by atoms with E-state index in [1.165, 1.54) is 0 Å². The van der Waals surface area contributed by atoms with Crippen molar-refractivity contribution < 1.29 is 9.90 Å². The van der Waals surface area contributed by atoms with Crippen LogP contribution in [0.25, 0.3) is 0 Å². The molecule has 0 radical (unpaired) electrons. The summed E-state index contributed by atoms with van der Waals surface area (Å²) in [7, 11) is 0. The number of aliphatic hydroxyl groups is 1. The number of rotatable bonds is 5. The Hall–Kier alpha value is -1.52. The molecule has 0 fully saturated rings. The van der Waals surface area contributed by atoms with Gasteiger partial charge in [0.05, 0.1) is 6.54 Å². The summed E-state index contributed by atoms with van der Waals surface area (Å²) in [5, 5.41) is 16.1. The van der Waals surface area contributed by atoms with Crippen LogP contribution in [0.4, 0.5) is 4.79 Å². The fourth-order valence-corrected chi connectivity index (χ4v) is 1.90. The predicted octanol–water partition coefficient (Wildman–Crippen LogP) is 2.42. The Balaban J connectivity index is 2.63. The van der Waals surface area contributed by atoms with Crippen molar-refractivity contribution in [3.05, 3.63) is 47.5 Å². The molecule has 1 rings (SSSR count). The number of halogens is 1. The Morgan fingerprint density at radius 3 is 2.79 bits per heavy atom. The summed E-state index contributed by atoms with van der Waals surface area (Å²) in [5.41, 5.74) is -0.652. The first kappa shape index (κ1) is 15.5. The lowest BCUT2D eigenvalue weighted by molar-refractivity contribution is 0.0594. The molecule has 0 bridgehead atoms. The summed E-state index contributed by atoms with van der Waals surface area (Å²) >= 11 is 6.03. The molecule has 0 spiro atoms. The summed E-state index contributed by atoms with van der Waals surface area (Å²) < 4.78 is 0. The molecule has 0 saturated heterocycles. The van der Waals surface area contributed by atoms with Crippen molar-refractivity contribution in [3.63, 3.8) is 0 Å². The van der Waals surface area contributed by atoms with Crippen LogP contribution >= 0.6 is 11.6 Å². The molecule has 104 valence electrons. The standard InChI is InChI=1S/C14H19ClN2O2/c1-4-10(2)17-13(18)16-9-14(3,19)11-7-5-6-8-12(11)15/h4-8,10,19H,1,9H2,2-3H3,(H2,16,17,18). The van der Waals surface area contributed by atoms with Crippen LogP contribution in [0.3, 0.4) is 0 Å². The van der Waals surface area contributed by atoms with Gasteiger partial charge in [0.25, 0.3) is 0 Å². The van der Waals surface area contributed by atoms with E-state index in [1.54, 1.807) is 44.2 Å². The van der Waals surface area contributed by atoms with Crippen molar-refractivity contribution in [3.8, 4) is 0 Å². The van der Waals surface area contributed by atoms with Crippen molar-refractivity contribution in [2.75, 3.05) is 6.54 Å². The number of hydrogen-bond donors (Lipinski definition) is 3. The molecule has 0 aromatic heterocycles. The van der Waals surface area contributed by atoms with Gasteiger partial charge in [0, 0.05) is 16.6 Å². The van der Waals surface area contributed by atoms with Crippen LogP contribution in [0.15, 0.2) is 36.9 Å². The summed E-state index contributed by atoms with van der Waals surface area (Å²) in [6.07, 6.45) is 1.62. The topological polar surface area (TPSA) is 61.4 Å². The number of nitrogens with one attached hydrogen (secondary N) is 2. The van der Waals surface area contributed by atoms with Gasteiger partial charge in [0.1, 0.15) is 5.60 Å². The van der Waals surface area contributed by atoms with Crippen LogP contribution < -0.4 is 10.6 Å². The minimum atomic E-state index is -1.23. The molecule has 2 amide bonds. The van der Waals surface area contributed by atoms with Crippen LogP contribution in [0.1, 0.15) is 19.4 Å². The highest BCUT2D eigenvalue weighted by Gasteiger charge is 2.26. The molecule has 0 saturated carbocycles. The molecule has 0 aliphatic rings. The molecule has 2 unspecified atom stereocenters. The molecule has 1 aromatic carbocycles. The summed E-state index contributed by atoms with van der Waals surface area (Å²) in [5.74, 6) is 0. The second kappa shape index (κ2) is 6.59. The highest BCUT2D eigenvalue weighted by molar-refractivity contribution is 6.31. The maximum Gasteiger partial charge on any atom is 0.315 e. The minimum absolute atomic E-state index is 0.0619. The molecule has 5 heteroatoms. The summed E-state index contributed by atoms with van der Waals surface area (Å²) in [4.78, 5) is 11.6. The van der Waals surface area contributed by atoms with Crippen molar-refractivity contribution >= 4 is 17.6 Å². The highest BCUT2D eigenvalue weighted by Crippen LogP contribution is 2.26. The monoisotopic (exact) mass is 282 g/mol. The van der Waals surface area contributed by atoms with Gasteiger partial charge >= 0.3 is 6.03 Å². The molecule has 0 heterocycles. The van der Waals surface area contributed by atoms with Crippen molar-refractivity contribution in [2.24, 2.45) is 0 Å². The second-order valence-corrected chi connectivity index (χ2v) is 5.01. The first-order valence-corrected chi connectivity index (χ1v) is 6.39. The van der Waals surface area contributed by atoms with E-state index in [0.717, 1.165) is 0 Å². The third-order valence-corrected chi connectivity index (χ3v) is 3.09. The Morgan fingerprint density at radius 2 is 2.21 bits per heavy atom. The van der Waals surface area contributed by atoms with E-state index in [4.69, 9.17) is 11.6 Å². The maximum atomic E-state index is 11.6. The molecule has 4 nitrogen and oxygen atoms in total. The number of carbonyl (C=O) groups excluding carboxylic acids is 1. The van der Waals surface area contributed by atoms with E-state index in [9.17, 15) is 9.90 Å². The lowest BCUT2D eigenvalue weighted by Gasteiger charge is -2.25. The number of urea groups is 1. The van der Waals surface area contributed by atoms with E-state index < -0.39 is 5.60 Å². The molecule has 0 aliphatic heterocycles. The SMILES string of the molecule is C=CC(C)NC(=O)NCC(C)(O)c1ccccc1Cl. The first-order chi connectivity index (χ1) is 8.86. The molecular formula is C14H19ClN2O2. The lowest BCUT2D eigenvalue weighted by atomic mass is 9.96. The van der Waals surface area contributed by atoms with Gasteiger partial charge in [-0.3, -0.25) is 0 Å². The molecular weight excluding hydrogens is 264 g/mol. The highest BCUT2D eigenvalue weighted by atomic mass is 35.5. The third kappa shape index (κ3) is 4.58. The zero-order valence-corrected chi connectivity index (χ0v) is 11.9. The summed E-state index contributed by atoms with van der Waals surface area (Å²) in [6.45, 7) is 7.04. The van der Waals surface area contributed by atoms with Gasteiger partial charge in [-0.15, -0.1) is 6.58 Å². The van der Waals surface area contributed by atoms with E-state index in [-0.39, 0.29) is 18.6 Å². The van der Waals surface area contributed by atoms with Crippen LogP contribution in [-0.4, -0.2) is 23.7 Å².